The summed E-state index contributed by atoms with van der Waals surface area (Å²) in [4.78, 5) is 4.65. The van der Waals surface area contributed by atoms with Crippen molar-refractivity contribution < 1.29 is 8.42 Å². The highest BCUT2D eigenvalue weighted by molar-refractivity contribution is 7.89. The molecule has 5 rings (SSSR count). The molecule has 152 valence electrons. The summed E-state index contributed by atoms with van der Waals surface area (Å²) in [5, 5.41) is 9.19. The lowest BCUT2D eigenvalue weighted by molar-refractivity contribution is 0.367. The molecule has 8 heteroatoms. The monoisotopic (exact) mass is 411 g/mol. The maximum absolute atomic E-state index is 13.5. The van der Waals surface area contributed by atoms with E-state index in [4.69, 9.17) is 0 Å². The van der Waals surface area contributed by atoms with Gasteiger partial charge in [-0.15, -0.1) is 10.2 Å². The Bertz CT molecular complexity index is 1120. The fourth-order valence-corrected chi connectivity index (χ4v) is 6.21. The van der Waals surface area contributed by atoms with Gasteiger partial charge in [0.1, 0.15) is 17.0 Å². The predicted octanol–water partition coefficient (Wildman–Crippen LogP) is 3.02. The normalized spacial score (nSPS) is 20.5. The largest absolute Gasteiger partial charge is 0.317 e. The average molecular weight is 412 g/mol. The first-order valence-corrected chi connectivity index (χ1v) is 11.8. The maximum atomic E-state index is 13.5. The Morgan fingerprint density at radius 2 is 1.97 bits per heavy atom. The quantitative estimate of drug-likeness (QED) is 0.597. The highest BCUT2D eigenvalue weighted by Crippen LogP contribution is 2.32. The van der Waals surface area contributed by atoms with E-state index in [1.165, 1.54) is 12.8 Å². The number of fused-ring (bicyclic) bond motifs is 1. The van der Waals surface area contributed by atoms with Gasteiger partial charge in [0, 0.05) is 37.1 Å². The van der Waals surface area contributed by atoms with Crippen LogP contribution in [0.15, 0.2) is 47.8 Å². The summed E-state index contributed by atoms with van der Waals surface area (Å²) in [5.74, 6) is 1.72. The van der Waals surface area contributed by atoms with Crippen LogP contribution in [0.2, 0.25) is 0 Å². The predicted molar refractivity (Wildman–Crippen MR) is 110 cm³/mol. The molecule has 0 bridgehead atoms. The van der Waals surface area contributed by atoms with Crippen LogP contribution in [0.1, 0.15) is 37.9 Å². The molecule has 3 aromatic rings. The summed E-state index contributed by atoms with van der Waals surface area (Å²) in [5.41, 5.74) is 0.546. The molecule has 3 heterocycles. The van der Waals surface area contributed by atoms with Gasteiger partial charge in [0.2, 0.25) is 10.0 Å². The average Bonchev–Trinajstić information content (AvgIpc) is 3.23. The number of hydrogen-bond acceptors (Lipinski definition) is 5. The Balaban J connectivity index is 1.36. The van der Waals surface area contributed by atoms with Gasteiger partial charge in [0.05, 0.1) is 5.52 Å². The Kier molecular flexibility index (Phi) is 4.83. The molecule has 0 radical (unpaired) electrons. The third-order valence-corrected chi connectivity index (χ3v) is 8.04. The lowest BCUT2D eigenvalue weighted by atomic mass is 10.1. The Morgan fingerprint density at radius 3 is 2.83 bits per heavy atom. The Hall–Kier alpha value is -2.32. The van der Waals surface area contributed by atoms with Crippen LogP contribution in [-0.2, 0) is 23.0 Å². The van der Waals surface area contributed by atoms with E-state index in [-0.39, 0.29) is 6.04 Å². The molecule has 2 aromatic heterocycles. The third-order valence-electron chi connectivity index (χ3n) is 6.05. The van der Waals surface area contributed by atoms with Crippen LogP contribution in [0, 0.1) is 5.92 Å². The molecule has 1 unspecified atom stereocenters. The molecular weight excluding hydrogens is 386 g/mol. The van der Waals surface area contributed by atoms with Crippen LogP contribution < -0.4 is 0 Å². The van der Waals surface area contributed by atoms with Crippen molar-refractivity contribution in [1.82, 2.24) is 24.1 Å². The minimum absolute atomic E-state index is 0.00922. The smallest absolute Gasteiger partial charge is 0.245 e. The molecule has 1 aliphatic carbocycles. The van der Waals surface area contributed by atoms with Crippen LogP contribution in [0.5, 0.6) is 0 Å². The van der Waals surface area contributed by atoms with Crippen LogP contribution >= 0.6 is 0 Å². The number of rotatable bonds is 7. The first kappa shape index (κ1) is 18.7. The van der Waals surface area contributed by atoms with Crippen molar-refractivity contribution in [1.29, 1.82) is 0 Å². The van der Waals surface area contributed by atoms with Crippen molar-refractivity contribution in [2.24, 2.45) is 5.92 Å². The molecule has 2 aliphatic rings. The van der Waals surface area contributed by atoms with Crippen LogP contribution in [0.4, 0.5) is 0 Å². The van der Waals surface area contributed by atoms with E-state index in [0.29, 0.717) is 17.0 Å². The molecule has 1 aliphatic heterocycles. The zero-order chi connectivity index (χ0) is 19.8. The van der Waals surface area contributed by atoms with E-state index in [0.717, 1.165) is 49.4 Å². The van der Waals surface area contributed by atoms with E-state index in [1.54, 1.807) is 29.0 Å². The first-order chi connectivity index (χ1) is 14.1. The molecule has 0 spiro atoms. The Labute approximate surface area is 170 Å². The van der Waals surface area contributed by atoms with E-state index in [2.05, 4.69) is 19.7 Å². The van der Waals surface area contributed by atoms with Crippen molar-refractivity contribution in [3.05, 3.63) is 48.7 Å². The molecule has 2 fully saturated rings. The van der Waals surface area contributed by atoms with Gasteiger partial charge >= 0.3 is 0 Å². The standard InChI is InChI=1S/C21H25N5O2S/c27-29(28,19-7-1-4-17-5-2-12-22-21(17)19)26-13-3-6-18(26)10-11-20-24-23-15-25(20)14-16-8-9-16/h1-2,4-5,7,12,15-16,18H,3,6,8-11,13-14H2. The lowest BCUT2D eigenvalue weighted by Gasteiger charge is -2.24. The molecule has 7 nitrogen and oxygen atoms in total. The van der Waals surface area contributed by atoms with Gasteiger partial charge in [-0.2, -0.15) is 4.31 Å². The second kappa shape index (κ2) is 7.50. The van der Waals surface area contributed by atoms with E-state index < -0.39 is 10.0 Å². The van der Waals surface area contributed by atoms with Crippen LogP contribution in [-0.4, -0.2) is 45.1 Å². The summed E-state index contributed by atoms with van der Waals surface area (Å²) >= 11 is 0. The maximum Gasteiger partial charge on any atom is 0.245 e. The van der Waals surface area contributed by atoms with Crippen molar-refractivity contribution >= 4 is 20.9 Å². The second-order valence-electron chi connectivity index (χ2n) is 8.12. The minimum Gasteiger partial charge on any atom is -0.317 e. The summed E-state index contributed by atoms with van der Waals surface area (Å²) < 4.78 is 30.8. The number of pyridine rings is 1. The topological polar surface area (TPSA) is 81.0 Å². The molecule has 1 aromatic carbocycles. The zero-order valence-electron chi connectivity index (χ0n) is 16.3. The summed E-state index contributed by atoms with van der Waals surface area (Å²) in [7, 11) is -3.60. The number of sulfonamides is 1. The van der Waals surface area contributed by atoms with Crippen LogP contribution in [0.25, 0.3) is 10.9 Å². The third kappa shape index (κ3) is 3.67. The summed E-state index contributed by atoms with van der Waals surface area (Å²) in [6, 6.07) is 9.08. The van der Waals surface area contributed by atoms with Crippen molar-refractivity contribution in [3.63, 3.8) is 0 Å². The van der Waals surface area contributed by atoms with Gasteiger partial charge in [-0.3, -0.25) is 4.98 Å². The molecule has 1 atom stereocenters. The van der Waals surface area contributed by atoms with E-state index >= 15 is 0 Å². The number of para-hydroxylation sites is 1. The van der Waals surface area contributed by atoms with Gasteiger partial charge in [-0.1, -0.05) is 18.2 Å². The number of benzene rings is 1. The molecular formula is C21H25N5O2S. The van der Waals surface area contributed by atoms with Gasteiger partial charge in [0.25, 0.3) is 0 Å². The molecule has 0 N–H and O–H groups in total. The highest BCUT2D eigenvalue weighted by Gasteiger charge is 2.36. The number of hydrogen-bond donors (Lipinski definition) is 0. The SMILES string of the molecule is O=S(=O)(c1cccc2cccnc12)N1CCCC1CCc1nncn1CC1CC1. The minimum atomic E-state index is -3.60. The lowest BCUT2D eigenvalue weighted by Crippen LogP contribution is -2.36. The van der Waals surface area contributed by atoms with Crippen molar-refractivity contribution in [2.75, 3.05) is 6.54 Å². The molecule has 1 saturated carbocycles. The highest BCUT2D eigenvalue weighted by atomic mass is 32.2. The van der Waals surface area contributed by atoms with E-state index in [9.17, 15) is 8.42 Å². The Morgan fingerprint density at radius 1 is 1.10 bits per heavy atom. The number of nitrogens with zero attached hydrogens (tertiary/aromatic N) is 5. The zero-order valence-corrected chi connectivity index (χ0v) is 17.1. The van der Waals surface area contributed by atoms with Gasteiger partial charge < -0.3 is 4.57 Å². The van der Waals surface area contributed by atoms with Gasteiger partial charge in [-0.05, 0) is 50.2 Å². The molecule has 0 amide bonds. The van der Waals surface area contributed by atoms with Gasteiger partial charge in [0.15, 0.2) is 0 Å². The second-order valence-corrected chi connectivity index (χ2v) is 9.98. The summed E-state index contributed by atoms with van der Waals surface area (Å²) in [6.45, 7) is 1.54. The number of aryl methyl sites for hydroxylation is 1. The summed E-state index contributed by atoms with van der Waals surface area (Å²) in [6.07, 6.45) is 9.30. The molecule has 29 heavy (non-hydrogen) atoms. The fraction of sp³-hybridized carbons (Fsp3) is 0.476. The fourth-order valence-electron chi connectivity index (χ4n) is 4.32. The number of aromatic nitrogens is 4. The van der Waals surface area contributed by atoms with Crippen molar-refractivity contribution in [2.45, 2.75) is 56.0 Å². The van der Waals surface area contributed by atoms with Crippen molar-refractivity contribution in [3.8, 4) is 0 Å². The van der Waals surface area contributed by atoms with Gasteiger partial charge in [-0.25, -0.2) is 8.42 Å². The molecule has 1 saturated heterocycles. The van der Waals surface area contributed by atoms with E-state index in [1.807, 2.05) is 18.2 Å². The van der Waals surface area contributed by atoms with Crippen LogP contribution in [0.3, 0.4) is 0 Å². The first-order valence-electron chi connectivity index (χ1n) is 10.4.